The van der Waals surface area contributed by atoms with Crippen molar-refractivity contribution in [2.24, 2.45) is 0 Å². The highest BCUT2D eigenvalue weighted by atomic mass is 16.6. The lowest BCUT2D eigenvalue weighted by Crippen LogP contribution is -2.21. The van der Waals surface area contributed by atoms with E-state index in [-0.39, 0.29) is 6.10 Å². The number of hydrogen-bond donors (Lipinski definition) is 1. The molecule has 0 aromatic carbocycles. The monoisotopic (exact) mass is 116 g/mol. The first kappa shape index (κ1) is 5.56. The van der Waals surface area contributed by atoms with Crippen molar-refractivity contribution in [3.63, 3.8) is 0 Å². The Labute approximate surface area is 47.3 Å². The molecule has 1 saturated heterocycles. The predicted octanol–water partition coefficient (Wildman–Crippen LogP) is 0.248. The summed E-state index contributed by atoms with van der Waals surface area (Å²) in [7, 11) is 0. The summed E-state index contributed by atoms with van der Waals surface area (Å²) < 4.78 is 4.77. The van der Waals surface area contributed by atoms with E-state index in [9.17, 15) is 4.79 Å². The summed E-state index contributed by atoms with van der Waals surface area (Å²) in [5.74, 6) is -0.870. The molecule has 0 aromatic heterocycles. The summed E-state index contributed by atoms with van der Waals surface area (Å²) in [6, 6.07) is 0. The van der Waals surface area contributed by atoms with Gasteiger partial charge < -0.3 is 9.84 Å². The molecule has 0 bridgehead atoms. The summed E-state index contributed by atoms with van der Waals surface area (Å²) in [6.45, 7) is 3.31. The van der Waals surface area contributed by atoms with Gasteiger partial charge in [0.1, 0.15) is 0 Å². The molecule has 0 unspecified atom stereocenters. The van der Waals surface area contributed by atoms with E-state index in [1.54, 1.807) is 13.8 Å². The fraction of sp³-hybridized carbons (Fsp3) is 0.800. The lowest BCUT2D eigenvalue weighted by molar-refractivity contribution is -0.142. The second kappa shape index (κ2) is 1.23. The third-order valence-electron chi connectivity index (χ3n) is 1.56. The molecule has 1 heterocycles. The van der Waals surface area contributed by atoms with Gasteiger partial charge >= 0.3 is 5.97 Å². The second-order valence-electron chi connectivity index (χ2n) is 2.17. The summed E-state index contributed by atoms with van der Waals surface area (Å²) in [5, 5.41) is 8.36. The largest absolute Gasteiger partial charge is 0.479 e. The molecule has 1 N–H and O–H groups in total. The number of hydrogen-bond acceptors (Lipinski definition) is 2. The van der Waals surface area contributed by atoms with E-state index in [0.717, 1.165) is 0 Å². The fourth-order valence-electron chi connectivity index (χ4n) is 0.557. The molecule has 2 atom stereocenters. The molecule has 0 aromatic rings. The molecular weight excluding hydrogens is 108 g/mol. The zero-order chi connectivity index (χ0) is 6.36. The van der Waals surface area contributed by atoms with Crippen molar-refractivity contribution in [2.45, 2.75) is 25.6 Å². The first-order valence-corrected chi connectivity index (χ1v) is 2.48. The van der Waals surface area contributed by atoms with E-state index >= 15 is 0 Å². The Morgan fingerprint density at radius 3 is 2.25 bits per heavy atom. The lowest BCUT2D eigenvalue weighted by atomic mass is 10.1. The molecule has 0 spiro atoms. The summed E-state index contributed by atoms with van der Waals surface area (Å²) >= 11 is 0. The molecular formula is C5H8O3. The number of carbonyl (C=O) groups is 1. The van der Waals surface area contributed by atoms with Crippen molar-refractivity contribution in [3.8, 4) is 0 Å². The number of carboxylic acid groups (broad SMARTS) is 1. The van der Waals surface area contributed by atoms with Gasteiger partial charge in [-0.3, -0.25) is 0 Å². The Bertz CT molecular complexity index is 132. The van der Waals surface area contributed by atoms with Crippen LogP contribution in [0.1, 0.15) is 13.8 Å². The Kier molecular flexibility index (Phi) is 0.854. The number of ether oxygens (including phenoxy) is 1. The van der Waals surface area contributed by atoms with Gasteiger partial charge in [-0.25, -0.2) is 4.79 Å². The van der Waals surface area contributed by atoms with Crippen LogP contribution in [0.2, 0.25) is 0 Å². The fourth-order valence-corrected chi connectivity index (χ4v) is 0.557. The minimum Gasteiger partial charge on any atom is -0.479 e. The van der Waals surface area contributed by atoms with E-state index in [1.165, 1.54) is 0 Å². The number of epoxide rings is 1. The summed E-state index contributed by atoms with van der Waals surface area (Å²) in [5.41, 5.74) is -0.875. The van der Waals surface area contributed by atoms with E-state index in [0.29, 0.717) is 0 Å². The normalized spacial score (nSPS) is 44.0. The van der Waals surface area contributed by atoms with Crippen LogP contribution in [0.15, 0.2) is 0 Å². The molecule has 1 aliphatic heterocycles. The van der Waals surface area contributed by atoms with E-state index in [2.05, 4.69) is 0 Å². The van der Waals surface area contributed by atoms with Gasteiger partial charge in [-0.1, -0.05) is 0 Å². The molecule has 3 heteroatoms. The Balaban J connectivity index is 2.60. The molecule has 1 aliphatic rings. The lowest BCUT2D eigenvalue weighted by Gasteiger charge is -1.92. The molecule has 0 aliphatic carbocycles. The maximum atomic E-state index is 10.2. The van der Waals surface area contributed by atoms with Crippen LogP contribution in [0.25, 0.3) is 0 Å². The molecule has 1 fully saturated rings. The van der Waals surface area contributed by atoms with Gasteiger partial charge in [0.05, 0.1) is 6.10 Å². The third-order valence-corrected chi connectivity index (χ3v) is 1.56. The standard InChI is InChI=1S/C5H8O3/c1-3-5(2,8-3)4(6)7/h3H,1-2H3,(H,6,7)/t3-,5-/m1/s1. The van der Waals surface area contributed by atoms with Gasteiger partial charge in [0.2, 0.25) is 0 Å². The molecule has 0 saturated carbocycles. The maximum absolute atomic E-state index is 10.2. The third kappa shape index (κ3) is 0.512. The van der Waals surface area contributed by atoms with Crippen molar-refractivity contribution >= 4 is 5.97 Å². The Hall–Kier alpha value is -0.570. The van der Waals surface area contributed by atoms with Crippen molar-refractivity contribution in [1.82, 2.24) is 0 Å². The van der Waals surface area contributed by atoms with Crippen LogP contribution in [0.3, 0.4) is 0 Å². The Morgan fingerprint density at radius 1 is 1.88 bits per heavy atom. The average Bonchev–Trinajstić information content (AvgIpc) is 2.17. The van der Waals surface area contributed by atoms with Crippen LogP contribution < -0.4 is 0 Å². The molecule has 1 rings (SSSR count). The maximum Gasteiger partial charge on any atom is 0.338 e. The van der Waals surface area contributed by atoms with Gasteiger partial charge in [-0.15, -0.1) is 0 Å². The second-order valence-corrected chi connectivity index (χ2v) is 2.17. The van der Waals surface area contributed by atoms with Gasteiger partial charge in [-0.05, 0) is 13.8 Å². The van der Waals surface area contributed by atoms with E-state index < -0.39 is 11.6 Å². The van der Waals surface area contributed by atoms with E-state index in [1.807, 2.05) is 0 Å². The number of rotatable bonds is 1. The number of carboxylic acids is 1. The zero-order valence-corrected chi connectivity index (χ0v) is 4.84. The first-order valence-electron chi connectivity index (χ1n) is 2.48. The molecule has 8 heavy (non-hydrogen) atoms. The highest BCUT2D eigenvalue weighted by Gasteiger charge is 2.56. The van der Waals surface area contributed by atoms with Crippen molar-refractivity contribution in [1.29, 1.82) is 0 Å². The molecule has 3 nitrogen and oxygen atoms in total. The molecule has 0 radical (unpaired) electrons. The van der Waals surface area contributed by atoms with Crippen molar-refractivity contribution in [2.75, 3.05) is 0 Å². The SMILES string of the molecule is C[C@H]1O[C@@]1(C)C(=O)O. The Morgan fingerprint density at radius 2 is 2.25 bits per heavy atom. The van der Waals surface area contributed by atoms with Crippen LogP contribution in [0, 0.1) is 0 Å². The number of aliphatic carboxylic acids is 1. The van der Waals surface area contributed by atoms with Crippen molar-refractivity contribution in [3.05, 3.63) is 0 Å². The smallest absolute Gasteiger partial charge is 0.338 e. The van der Waals surface area contributed by atoms with Gasteiger partial charge in [0.25, 0.3) is 0 Å². The van der Waals surface area contributed by atoms with Gasteiger partial charge in [-0.2, -0.15) is 0 Å². The first-order chi connectivity index (χ1) is 3.57. The van der Waals surface area contributed by atoms with Crippen LogP contribution in [0.5, 0.6) is 0 Å². The predicted molar refractivity (Wildman–Crippen MR) is 26.6 cm³/mol. The van der Waals surface area contributed by atoms with Crippen LogP contribution >= 0.6 is 0 Å². The summed E-state index contributed by atoms with van der Waals surface area (Å²) in [4.78, 5) is 10.2. The highest BCUT2D eigenvalue weighted by molar-refractivity contribution is 5.80. The minimum absolute atomic E-state index is 0.111. The quantitative estimate of drug-likeness (QED) is 0.499. The van der Waals surface area contributed by atoms with Crippen LogP contribution in [-0.2, 0) is 9.53 Å². The molecule has 0 amide bonds. The molecule has 46 valence electrons. The topological polar surface area (TPSA) is 49.8 Å². The minimum atomic E-state index is -0.875. The highest BCUT2D eigenvalue weighted by Crippen LogP contribution is 2.35. The van der Waals surface area contributed by atoms with Gasteiger partial charge in [0, 0.05) is 0 Å². The van der Waals surface area contributed by atoms with Gasteiger partial charge in [0.15, 0.2) is 5.60 Å². The summed E-state index contributed by atoms with van der Waals surface area (Å²) in [6.07, 6.45) is -0.111. The van der Waals surface area contributed by atoms with Crippen LogP contribution in [0.4, 0.5) is 0 Å². The van der Waals surface area contributed by atoms with Crippen LogP contribution in [-0.4, -0.2) is 22.8 Å². The van der Waals surface area contributed by atoms with Crippen molar-refractivity contribution < 1.29 is 14.6 Å². The van der Waals surface area contributed by atoms with E-state index in [4.69, 9.17) is 9.84 Å². The zero-order valence-electron chi connectivity index (χ0n) is 4.84. The average molecular weight is 116 g/mol.